The molecule has 0 rings (SSSR count). The normalized spacial score (nSPS) is 11.7. The Kier molecular flexibility index (Phi) is 5.94. The maximum Gasteiger partial charge on any atom is 0.313 e. The number of esters is 1. The number of carbonyl (C=O) groups excluding carboxylic acids is 1. The lowest BCUT2D eigenvalue weighted by molar-refractivity contribution is -0.167. The van der Waals surface area contributed by atoms with E-state index in [-0.39, 0.29) is 5.97 Å². The molecule has 0 heterocycles. The molecule has 96 valence electrons. The second-order valence-electron chi connectivity index (χ2n) is 5.26. The standard InChI is InChI=1S/C15H24O2/c1-7-10-15(11-8-2,12-9-3)13(16)17-14(4,5)6/h7-9H,1-3,10-12H2,4-6H3. The van der Waals surface area contributed by atoms with Crippen molar-refractivity contribution in [3.63, 3.8) is 0 Å². The molecule has 0 N–H and O–H groups in total. The van der Waals surface area contributed by atoms with Gasteiger partial charge in [-0.25, -0.2) is 0 Å². The quantitative estimate of drug-likeness (QED) is 0.492. The largest absolute Gasteiger partial charge is 0.460 e. The summed E-state index contributed by atoms with van der Waals surface area (Å²) in [5, 5.41) is 0. The van der Waals surface area contributed by atoms with E-state index in [4.69, 9.17) is 4.74 Å². The molecule has 0 radical (unpaired) electrons. The first-order valence-electron chi connectivity index (χ1n) is 5.87. The predicted octanol–water partition coefficient (Wildman–Crippen LogP) is 4.04. The number of hydrogen-bond acceptors (Lipinski definition) is 2. The molecular weight excluding hydrogens is 212 g/mol. The van der Waals surface area contributed by atoms with Crippen LogP contribution in [0.4, 0.5) is 0 Å². The summed E-state index contributed by atoms with van der Waals surface area (Å²) in [4.78, 5) is 12.3. The van der Waals surface area contributed by atoms with Crippen LogP contribution in [0.5, 0.6) is 0 Å². The van der Waals surface area contributed by atoms with Gasteiger partial charge in [0.05, 0.1) is 5.41 Å². The summed E-state index contributed by atoms with van der Waals surface area (Å²) in [5.74, 6) is -0.204. The minimum absolute atomic E-state index is 0.204. The first-order chi connectivity index (χ1) is 7.81. The third kappa shape index (κ3) is 5.03. The fraction of sp³-hybridized carbons (Fsp3) is 0.533. The summed E-state index contributed by atoms with van der Waals surface area (Å²) in [5.41, 5.74) is -1.08. The van der Waals surface area contributed by atoms with Crippen molar-refractivity contribution in [2.75, 3.05) is 0 Å². The predicted molar refractivity (Wildman–Crippen MR) is 72.7 cm³/mol. The summed E-state index contributed by atoms with van der Waals surface area (Å²) in [6, 6.07) is 0. The van der Waals surface area contributed by atoms with E-state index in [0.717, 1.165) is 0 Å². The highest BCUT2D eigenvalue weighted by molar-refractivity contribution is 5.78. The van der Waals surface area contributed by atoms with E-state index in [2.05, 4.69) is 19.7 Å². The number of carbonyl (C=O) groups is 1. The lowest BCUT2D eigenvalue weighted by Gasteiger charge is -2.32. The molecule has 0 fully saturated rings. The van der Waals surface area contributed by atoms with Gasteiger partial charge in [0.1, 0.15) is 5.60 Å². The summed E-state index contributed by atoms with van der Waals surface area (Å²) in [6.45, 7) is 16.7. The highest BCUT2D eigenvalue weighted by Crippen LogP contribution is 2.35. The van der Waals surface area contributed by atoms with Crippen molar-refractivity contribution in [2.24, 2.45) is 5.41 Å². The average Bonchev–Trinajstić information content (AvgIpc) is 2.16. The third-order valence-corrected chi connectivity index (χ3v) is 2.44. The molecule has 0 aliphatic rings. The van der Waals surface area contributed by atoms with Gasteiger partial charge in [-0.2, -0.15) is 0 Å². The Morgan fingerprint density at radius 3 is 1.59 bits per heavy atom. The van der Waals surface area contributed by atoms with Crippen LogP contribution < -0.4 is 0 Å². The molecule has 0 aromatic carbocycles. The van der Waals surface area contributed by atoms with Gasteiger partial charge in [0.2, 0.25) is 0 Å². The summed E-state index contributed by atoms with van der Waals surface area (Å²) in [6.07, 6.45) is 6.95. The fourth-order valence-electron chi connectivity index (χ4n) is 1.72. The Labute approximate surface area is 105 Å². The molecule has 0 saturated carbocycles. The van der Waals surface area contributed by atoms with Gasteiger partial charge in [0, 0.05) is 0 Å². The molecule has 0 aliphatic carbocycles. The smallest absolute Gasteiger partial charge is 0.313 e. The zero-order chi connectivity index (χ0) is 13.5. The molecule has 0 amide bonds. The molecule has 0 bridgehead atoms. The Morgan fingerprint density at radius 2 is 1.35 bits per heavy atom. The topological polar surface area (TPSA) is 26.3 Å². The molecule has 0 unspecified atom stereocenters. The van der Waals surface area contributed by atoms with Gasteiger partial charge in [-0.1, -0.05) is 18.2 Å². The maximum atomic E-state index is 12.3. The Morgan fingerprint density at radius 1 is 1.00 bits per heavy atom. The molecule has 2 nitrogen and oxygen atoms in total. The van der Waals surface area contributed by atoms with Crippen LogP contribution in [0.2, 0.25) is 0 Å². The van der Waals surface area contributed by atoms with Gasteiger partial charge in [-0.05, 0) is 40.0 Å². The van der Waals surface area contributed by atoms with E-state index in [1.807, 2.05) is 20.8 Å². The van der Waals surface area contributed by atoms with Crippen molar-refractivity contribution in [3.8, 4) is 0 Å². The van der Waals surface area contributed by atoms with E-state index in [1.54, 1.807) is 18.2 Å². The summed E-state index contributed by atoms with van der Waals surface area (Å²) in [7, 11) is 0. The van der Waals surface area contributed by atoms with Crippen LogP contribution in [0.3, 0.4) is 0 Å². The van der Waals surface area contributed by atoms with Crippen molar-refractivity contribution < 1.29 is 9.53 Å². The molecule has 0 saturated heterocycles. The van der Waals surface area contributed by atoms with Gasteiger partial charge in [-0.15, -0.1) is 19.7 Å². The Hall–Kier alpha value is -1.31. The third-order valence-electron chi connectivity index (χ3n) is 2.44. The van der Waals surface area contributed by atoms with Crippen LogP contribution in [-0.4, -0.2) is 11.6 Å². The van der Waals surface area contributed by atoms with Gasteiger partial charge < -0.3 is 4.74 Å². The second-order valence-corrected chi connectivity index (χ2v) is 5.26. The molecule has 0 spiro atoms. The molecule has 0 aromatic heterocycles. The van der Waals surface area contributed by atoms with Crippen LogP contribution in [0.15, 0.2) is 38.0 Å². The lowest BCUT2D eigenvalue weighted by atomic mass is 9.78. The number of allylic oxidation sites excluding steroid dienone is 3. The van der Waals surface area contributed by atoms with Gasteiger partial charge in [-0.3, -0.25) is 4.79 Å². The molecule has 0 aliphatic heterocycles. The molecular formula is C15H24O2. The Bertz CT molecular complexity index is 268. The second kappa shape index (κ2) is 6.43. The monoisotopic (exact) mass is 236 g/mol. The van der Waals surface area contributed by atoms with Crippen molar-refractivity contribution in [2.45, 2.75) is 45.6 Å². The first-order valence-corrected chi connectivity index (χ1v) is 5.87. The highest BCUT2D eigenvalue weighted by atomic mass is 16.6. The fourth-order valence-corrected chi connectivity index (χ4v) is 1.72. The van der Waals surface area contributed by atoms with Crippen LogP contribution in [0.25, 0.3) is 0 Å². The van der Waals surface area contributed by atoms with Crippen molar-refractivity contribution in [1.29, 1.82) is 0 Å². The van der Waals surface area contributed by atoms with Crippen molar-refractivity contribution >= 4 is 5.97 Å². The van der Waals surface area contributed by atoms with E-state index in [0.29, 0.717) is 19.3 Å². The minimum Gasteiger partial charge on any atom is -0.460 e. The van der Waals surface area contributed by atoms with Crippen molar-refractivity contribution in [3.05, 3.63) is 38.0 Å². The summed E-state index contributed by atoms with van der Waals surface area (Å²) >= 11 is 0. The average molecular weight is 236 g/mol. The van der Waals surface area contributed by atoms with Gasteiger partial charge in [0.25, 0.3) is 0 Å². The SMILES string of the molecule is C=CCC(CC=C)(CC=C)C(=O)OC(C)(C)C. The van der Waals surface area contributed by atoms with Gasteiger partial charge >= 0.3 is 5.97 Å². The maximum absolute atomic E-state index is 12.3. The zero-order valence-electron chi connectivity index (χ0n) is 11.3. The first kappa shape index (κ1) is 15.7. The number of ether oxygens (including phenoxy) is 1. The van der Waals surface area contributed by atoms with Crippen LogP contribution in [0, 0.1) is 5.41 Å². The van der Waals surface area contributed by atoms with E-state index in [1.165, 1.54) is 0 Å². The number of hydrogen-bond donors (Lipinski definition) is 0. The summed E-state index contributed by atoms with van der Waals surface area (Å²) < 4.78 is 5.48. The Balaban J connectivity index is 5.10. The zero-order valence-corrected chi connectivity index (χ0v) is 11.3. The van der Waals surface area contributed by atoms with E-state index in [9.17, 15) is 4.79 Å². The van der Waals surface area contributed by atoms with Crippen LogP contribution >= 0.6 is 0 Å². The lowest BCUT2D eigenvalue weighted by Crippen LogP contribution is -2.37. The van der Waals surface area contributed by atoms with E-state index < -0.39 is 11.0 Å². The molecule has 17 heavy (non-hydrogen) atoms. The molecule has 2 heteroatoms. The minimum atomic E-state index is -0.599. The van der Waals surface area contributed by atoms with Gasteiger partial charge in [0.15, 0.2) is 0 Å². The molecule has 0 aromatic rings. The molecule has 0 atom stereocenters. The van der Waals surface area contributed by atoms with E-state index >= 15 is 0 Å². The van der Waals surface area contributed by atoms with Crippen molar-refractivity contribution in [1.82, 2.24) is 0 Å². The van der Waals surface area contributed by atoms with Crippen LogP contribution in [-0.2, 0) is 9.53 Å². The number of rotatable bonds is 7. The highest BCUT2D eigenvalue weighted by Gasteiger charge is 2.38. The van der Waals surface area contributed by atoms with Crippen LogP contribution in [0.1, 0.15) is 40.0 Å².